The number of hydrogen-bond donors (Lipinski definition) is 0. The van der Waals surface area contributed by atoms with Crippen LogP contribution in [0.25, 0.3) is 11.0 Å². The van der Waals surface area contributed by atoms with Gasteiger partial charge in [0.2, 0.25) is 11.8 Å². The largest absolute Gasteiger partial charge is 0.280 e. The summed E-state index contributed by atoms with van der Waals surface area (Å²) < 4.78 is 1.23. The van der Waals surface area contributed by atoms with Crippen LogP contribution in [0.3, 0.4) is 0 Å². The highest BCUT2D eigenvalue weighted by Crippen LogP contribution is 2.37. The lowest BCUT2D eigenvalue weighted by Crippen LogP contribution is -2.31. The molecule has 0 N–H and O–H groups in total. The number of carbonyl (C=O) groups excluding carboxylic acids is 3. The molecule has 1 fully saturated rings. The van der Waals surface area contributed by atoms with Crippen LogP contribution in [0.5, 0.6) is 0 Å². The molecule has 28 heavy (non-hydrogen) atoms. The van der Waals surface area contributed by atoms with Crippen molar-refractivity contribution in [2.24, 2.45) is 11.8 Å². The standard InChI is InChI=1S/C21H16N4O3/c26-19(25-18-11-4-3-10-17(18)22-23-25)13-6-5-7-14(12-13)24-20(27)15-8-1-2-9-16(15)21(24)28/h1-7,10-12,15-16H,8-9H2/t15-,16+. The highest BCUT2D eigenvalue weighted by atomic mass is 16.2. The molecule has 1 aliphatic carbocycles. The predicted molar refractivity (Wildman–Crippen MR) is 102 cm³/mol. The van der Waals surface area contributed by atoms with Gasteiger partial charge in [0.15, 0.2) is 0 Å². The molecule has 7 nitrogen and oxygen atoms in total. The first-order chi connectivity index (χ1) is 13.6. The number of fused-ring (bicyclic) bond motifs is 2. The highest BCUT2D eigenvalue weighted by Gasteiger charge is 2.47. The number of hydrogen-bond acceptors (Lipinski definition) is 5. The Hall–Kier alpha value is -3.61. The Balaban J connectivity index is 1.51. The van der Waals surface area contributed by atoms with Crippen molar-refractivity contribution in [3.8, 4) is 0 Å². The molecule has 0 unspecified atom stereocenters. The molecule has 5 rings (SSSR count). The van der Waals surface area contributed by atoms with E-state index in [1.165, 1.54) is 9.58 Å². The topological polar surface area (TPSA) is 85.2 Å². The maximum Gasteiger partial charge on any atom is 0.280 e. The van der Waals surface area contributed by atoms with Crippen LogP contribution in [0.2, 0.25) is 0 Å². The number of para-hydroxylation sites is 1. The third kappa shape index (κ3) is 2.40. The van der Waals surface area contributed by atoms with Crippen molar-refractivity contribution in [2.45, 2.75) is 12.8 Å². The van der Waals surface area contributed by atoms with Crippen LogP contribution in [0, 0.1) is 11.8 Å². The van der Waals surface area contributed by atoms with Crippen LogP contribution in [0.15, 0.2) is 60.7 Å². The van der Waals surface area contributed by atoms with Gasteiger partial charge in [-0.3, -0.25) is 19.3 Å². The van der Waals surface area contributed by atoms with Gasteiger partial charge in [0.25, 0.3) is 5.91 Å². The maximum atomic E-state index is 13.0. The van der Waals surface area contributed by atoms with Crippen molar-refractivity contribution < 1.29 is 14.4 Å². The summed E-state index contributed by atoms with van der Waals surface area (Å²) in [4.78, 5) is 39.8. The molecule has 2 heterocycles. The number of aromatic nitrogens is 3. The zero-order valence-corrected chi connectivity index (χ0v) is 14.9. The van der Waals surface area contributed by atoms with Gasteiger partial charge in [0, 0.05) is 5.56 Å². The van der Waals surface area contributed by atoms with Crippen LogP contribution in [0.4, 0.5) is 5.69 Å². The fraction of sp³-hybridized carbons (Fsp3) is 0.190. The number of anilines is 1. The van der Waals surface area contributed by atoms with E-state index in [0.717, 1.165) is 0 Å². The molecule has 138 valence electrons. The van der Waals surface area contributed by atoms with Crippen molar-refractivity contribution in [1.82, 2.24) is 15.0 Å². The van der Waals surface area contributed by atoms with E-state index in [0.29, 0.717) is 35.1 Å². The molecule has 2 atom stereocenters. The normalized spacial score (nSPS) is 21.4. The molecule has 0 spiro atoms. The maximum absolute atomic E-state index is 13.0. The first-order valence-corrected chi connectivity index (χ1v) is 9.13. The van der Waals surface area contributed by atoms with E-state index in [9.17, 15) is 14.4 Å². The molecule has 0 radical (unpaired) electrons. The third-order valence-corrected chi connectivity index (χ3v) is 5.40. The van der Waals surface area contributed by atoms with Gasteiger partial charge in [-0.15, -0.1) is 5.10 Å². The molecule has 2 aliphatic rings. The average Bonchev–Trinajstić information content (AvgIpc) is 3.27. The molecular weight excluding hydrogens is 356 g/mol. The van der Waals surface area contributed by atoms with Crippen molar-refractivity contribution in [3.05, 3.63) is 66.2 Å². The number of allylic oxidation sites excluding steroid dienone is 2. The Bertz CT molecular complexity index is 1140. The first-order valence-electron chi connectivity index (χ1n) is 9.13. The smallest absolute Gasteiger partial charge is 0.274 e. The van der Waals surface area contributed by atoms with E-state index < -0.39 is 0 Å². The fourth-order valence-electron chi connectivity index (χ4n) is 3.97. The van der Waals surface area contributed by atoms with E-state index >= 15 is 0 Å². The number of rotatable bonds is 2. The summed E-state index contributed by atoms with van der Waals surface area (Å²) in [5.74, 6) is -1.38. The monoisotopic (exact) mass is 372 g/mol. The fourth-order valence-corrected chi connectivity index (χ4v) is 3.97. The van der Waals surface area contributed by atoms with Crippen LogP contribution in [-0.2, 0) is 9.59 Å². The summed E-state index contributed by atoms with van der Waals surface area (Å²) in [6.45, 7) is 0. The predicted octanol–water partition coefficient (Wildman–Crippen LogP) is 2.58. The van der Waals surface area contributed by atoms with Crippen LogP contribution >= 0.6 is 0 Å². The summed E-state index contributed by atoms with van der Waals surface area (Å²) in [7, 11) is 0. The van der Waals surface area contributed by atoms with Gasteiger partial charge < -0.3 is 0 Å². The molecule has 3 aromatic rings. The van der Waals surface area contributed by atoms with Crippen molar-refractivity contribution in [3.63, 3.8) is 0 Å². The van der Waals surface area contributed by atoms with Crippen molar-refractivity contribution in [1.29, 1.82) is 0 Å². The van der Waals surface area contributed by atoms with E-state index in [4.69, 9.17) is 0 Å². The quantitative estimate of drug-likeness (QED) is 0.510. The Labute approximate surface area is 160 Å². The van der Waals surface area contributed by atoms with Gasteiger partial charge >= 0.3 is 0 Å². The second-order valence-corrected chi connectivity index (χ2v) is 7.01. The van der Waals surface area contributed by atoms with Crippen LogP contribution in [-0.4, -0.2) is 32.7 Å². The molecule has 1 saturated heterocycles. The lowest BCUT2D eigenvalue weighted by atomic mass is 9.85. The van der Waals surface area contributed by atoms with E-state index in [-0.39, 0.29) is 29.6 Å². The molecule has 0 bridgehead atoms. The molecule has 2 aromatic carbocycles. The van der Waals surface area contributed by atoms with E-state index in [1.807, 2.05) is 24.3 Å². The second-order valence-electron chi connectivity index (χ2n) is 7.01. The molecule has 1 aromatic heterocycles. The minimum atomic E-state index is -0.367. The van der Waals surface area contributed by atoms with Gasteiger partial charge in [0.05, 0.1) is 23.0 Å². The minimum Gasteiger partial charge on any atom is -0.274 e. The van der Waals surface area contributed by atoms with Gasteiger partial charge in [-0.25, -0.2) is 0 Å². The Morgan fingerprint density at radius 2 is 1.64 bits per heavy atom. The third-order valence-electron chi connectivity index (χ3n) is 5.40. The Morgan fingerprint density at radius 3 is 2.39 bits per heavy atom. The number of amides is 2. The summed E-state index contributed by atoms with van der Waals surface area (Å²) in [5.41, 5.74) is 1.97. The average molecular weight is 372 g/mol. The van der Waals surface area contributed by atoms with E-state index in [1.54, 1.807) is 36.4 Å². The molecule has 7 heteroatoms. The first kappa shape index (κ1) is 16.6. The van der Waals surface area contributed by atoms with Crippen LogP contribution in [0.1, 0.15) is 23.2 Å². The zero-order valence-electron chi connectivity index (χ0n) is 14.9. The summed E-state index contributed by atoms with van der Waals surface area (Å²) in [5, 5.41) is 7.95. The van der Waals surface area contributed by atoms with Crippen molar-refractivity contribution >= 4 is 34.4 Å². The van der Waals surface area contributed by atoms with Gasteiger partial charge in [-0.2, -0.15) is 4.68 Å². The zero-order chi connectivity index (χ0) is 19.3. The summed E-state index contributed by atoms with van der Waals surface area (Å²) in [6, 6.07) is 13.7. The van der Waals surface area contributed by atoms with Gasteiger partial charge in [-0.05, 0) is 43.2 Å². The number of carbonyl (C=O) groups is 3. The molecule has 1 aliphatic heterocycles. The summed E-state index contributed by atoms with van der Waals surface area (Å²) in [6.07, 6.45) is 5.06. The highest BCUT2D eigenvalue weighted by molar-refractivity contribution is 6.22. The lowest BCUT2D eigenvalue weighted by Gasteiger charge is -2.15. The van der Waals surface area contributed by atoms with Gasteiger partial charge in [-0.1, -0.05) is 35.6 Å². The SMILES string of the molecule is O=C1[C@H]2CC=CC[C@H]2C(=O)N1c1cccc(C(=O)n2nnc3ccccc32)c1. The van der Waals surface area contributed by atoms with Gasteiger partial charge in [0.1, 0.15) is 5.52 Å². The Kier molecular flexibility index (Phi) is 3.68. The molecule has 2 amide bonds. The lowest BCUT2D eigenvalue weighted by molar-refractivity contribution is -0.122. The number of nitrogens with zero attached hydrogens (tertiary/aromatic N) is 4. The Morgan fingerprint density at radius 1 is 0.929 bits per heavy atom. The molecule has 0 saturated carbocycles. The number of benzene rings is 2. The van der Waals surface area contributed by atoms with E-state index in [2.05, 4.69) is 10.3 Å². The van der Waals surface area contributed by atoms with Crippen LogP contribution < -0.4 is 4.90 Å². The van der Waals surface area contributed by atoms with Crippen molar-refractivity contribution in [2.75, 3.05) is 4.90 Å². The second kappa shape index (κ2) is 6.23. The number of imide groups is 1. The minimum absolute atomic E-state index is 0.199. The summed E-state index contributed by atoms with van der Waals surface area (Å²) >= 11 is 0. The molecular formula is C21H16N4O3.